The van der Waals surface area contributed by atoms with Gasteiger partial charge in [0, 0.05) is 38.0 Å². The van der Waals surface area contributed by atoms with Gasteiger partial charge in [0.1, 0.15) is 23.5 Å². The van der Waals surface area contributed by atoms with Gasteiger partial charge in [-0.05, 0) is 58.2 Å². The molecule has 2 aliphatic heterocycles. The van der Waals surface area contributed by atoms with Gasteiger partial charge in [-0.15, -0.1) is 11.8 Å². The van der Waals surface area contributed by atoms with Crippen molar-refractivity contribution in [3.05, 3.63) is 47.0 Å². The van der Waals surface area contributed by atoms with Gasteiger partial charge in [0.2, 0.25) is 6.79 Å². The van der Waals surface area contributed by atoms with Crippen LogP contribution in [0.5, 0.6) is 23.0 Å². The molecule has 0 saturated carbocycles. The number of aliphatic hydroxyl groups is 1. The Bertz CT molecular complexity index is 1160. The van der Waals surface area contributed by atoms with Crippen molar-refractivity contribution in [1.82, 2.24) is 9.80 Å². The third kappa shape index (κ3) is 7.35. The number of hydrogen-bond acceptors (Lipinski definition) is 8. The van der Waals surface area contributed by atoms with E-state index >= 15 is 0 Å². The Morgan fingerprint density at radius 3 is 2.33 bits per heavy atom. The smallest absolute Gasteiger partial charge is 0.231 e. The first-order chi connectivity index (χ1) is 18.9. The van der Waals surface area contributed by atoms with Crippen LogP contribution in [0.3, 0.4) is 0 Å². The average molecular weight is 589 g/mol. The van der Waals surface area contributed by atoms with Gasteiger partial charge in [-0.2, -0.15) is 0 Å². The predicted molar refractivity (Wildman–Crippen MR) is 166 cm³/mol. The minimum Gasteiger partial charge on any atom is -0.507 e. The maximum absolute atomic E-state index is 11.2. The lowest BCUT2D eigenvalue weighted by molar-refractivity contribution is 0.163. The number of nitrogens with zero attached hydrogens (tertiary/aromatic N) is 2. The van der Waals surface area contributed by atoms with Crippen LogP contribution in [0.15, 0.2) is 30.3 Å². The molecule has 2 aromatic rings. The van der Waals surface area contributed by atoms with Gasteiger partial charge in [0.15, 0.2) is 11.5 Å². The van der Waals surface area contributed by atoms with E-state index in [4.69, 9.17) is 26.4 Å². The monoisotopic (exact) mass is 588 g/mol. The highest BCUT2D eigenvalue weighted by molar-refractivity contribution is 8.02. The van der Waals surface area contributed by atoms with Crippen molar-refractivity contribution in [2.45, 2.75) is 64.2 Å². The summed E-state index contributed by atoms with van der Waals surface area (Å²) in [6, 6.07) is 9.95. The molecule has 0 radical (unpaired) electrons. The fraction of sp³-hybridized carbons (Fsp3) is 0.581. The van der Waals surface area contributed by atoms with E-state index in [-0.39, 0.29) is 29.6 Å². The number of ether oxygens (including phenoxy) is 3. The summed E-state index contributed by atoms with van der Waals surface area (Å²) in [7, 11) is 0. The molecule has 7 nitrogen and oxygen atoms in total. The maximum atomic E-state index is 11.2. The summed E-state index contributed by atoms with van der Waals surface area (Å²) < 4.78 is 16.8. The van der Waals surface area contributed by atoms with Gasteiger partial charge in [-0.1, -0.05) is 53.8 Å². The SMILES string of the molecule is CC(C)(C)c1cc(C2SCC(=S)N2CCCN(CCO)CCOc2ccc3c(c2)OCO3)cc(C(C)(C)C)c1O. The molecule has 0 spiro atoms. The zero-order chi connectivity index (χ0) is 29.1. The third-order valence-corrected chi connectivity index (χ3v) is 9.16. The van der Waals surface area contributed by atoms with Crippen LogP contribution < -0.4 is 14.2 Å². The van der Waals surface area contributed by atoms with E-state index in [1.54, 1.807) is 0 Å². The number of phenols is 1. The van der Waals surface area contributed by atoms with Gasteiger partial charge in [-0.3, -0.25) is 4.90 Å². The van der Waals surface area contributed by atoms with E-state index in [1.807, 2.05) is 30.0 Å². The molecule has 1 fully saturated rings. The van der Waals surface area contributed by atoms with Crippen LogP contribution in [0.2, 0.25) is 0 Å². The summed E-state index contributed by atoms with van der Waals surface area (Å²) in [5.41, 5.74) is 2.79. The van der Waals surface area contributed by atoms with Gasteiger partial charge < -0.3 is 29.3 Å². The van der Waals surface area contributed by atoms with Crippen molar-refractivity contribution in [2.75, 3.05) is 51.9 Å². The molecule has 1 unspecified atom stereocenters. The van der Waals surface area contributed by atoms with Crippen molar-refractivity contribution in [2.24, 2.45) is 0 Å². The van der Waals surface area contributed by atoms with E-state index in [9.17, 15) is 10.2 Å². The molecule has 2 heterocycles. The number of benzene rings is 2. The average Bonchev–Trinajstić information content (AvgIpc) is 3.49. The van der Waals surface area contributed by atoms with Crippen LogP contribution in [0, 0.1) is 0 Å². The molecule has 2 aliphatic rings. The highest BCUT2D eigenvalue weighted by Crippen LogP contribution is 2.46. The van der Waals surface area contributed by atoms with Gasteiger partial charge in [0.25, 0.3) is 0 Å². The maximum Gasteiger partial charge on any atom is 0.231 e. The second kappa shape index (κ2) is 12.8. The van der Waals surface area contributed by atoms with Gasteiger partial charge >= 0.3 is 0 Å². The standard InChI is InChI=1S/C31H44N2O5S2/c1-30(2,3)23-16-21(17-24(28(23)35)31(4,5)6)29-33(27(39)19-40-29)11-7-10-32(12-14-34)13-15-36-22-8-9-25-26(18-22)38-20-37-25/h8-9,16-18,29,34-35H,7,10-15,19-20H2,1-6H3. The molecule has 0 aromatic heterocycles. The van der Waals surface area contributed by atoms with E-state index < -0.39 is 0 Å². The predicted octanol–water partition coefficient (Wildman–Crippen LogP) is 5.85. The minimum absolute atomic E-state index is 0.100. The molecular formula is C31H44N2O5S2. The molecule has 9 heteroatoms. The molecular weight excluding hydrogens is 544 g/mol. The topological polar surface area (TPSA) is 74.6 Å². The van der Waals surface area contributed by atoms with Crippen LogP contribution >= 0.6 is 24.0 Å². The fourth-order valence-corrected chi connectivity index (χ4v) is 6.79. The first-order valence-electron chi connectivity index (χ1n) is 14.0. The Kier molecular flexibility index (Phi) is 9.81. The Labute approximate surface area is 248 Å². The van der Waals surface area contributed by atoms with Crippen LogP contribution in [-0.4, -0.2) is 76.9 Å². The molecule has 4 rings (SSSR count). The van der Waals surface area contributed by atoms with Crippen molar-refractivity contribution in [3.8, 4) is 23.0 Å². The zero-order valence-electron chi connectivity index (χ0n) is 24.7. The zero-order valence-corrected chi connectivity index (χ0v) is 26.3. The van der Waals surface area contributed by atoms with Crippen molar-refractivity contribution >= 4 is 29.0 Å². The summed E-state index contributed by atoms with van der Waals surface area (Å²) in [4.78, 5) is 5.54. The molecule has 0 bridgehead atoms. The van der Waals surface area contributed by atoms with Gasteiger partial charge in [0.05, 0.1) is 11.6 Å². The molecule has 2 N–H and O–H groups in total. The molecule has 220 valence electrons. The lowest BCUT2D eigenvalue weighted by Gasteiger charge is -2.32. The number of aliphatic hydroxyl groups excluding tert-OH is 1. The third-order valence-electron chi connectivity index (χ3n) is 7.31. The summed E-state index contributed by atoms with van der Waals surface area (Å²) in [6.07, 6.45) is 0.914. The number of thiocarbonyl (C=S) groups is 1. The largest absolute Gasteiger partial charge is 0.507 e. The highest BCUT2D eigenvalue weighted by Gasteiger charge is 2.34. The van der Waals surface area contributed by atoms with E-state index in [0.717, 1.165) is 52.9 Å². The lowest BCUT2D eigenvalue weighted by atomic mass is 9.78. The Balaban J connectivity index is 1.39. The van der Waals surface area contributed by atoms with Crippen molar-refractivity contribution < 1.29 is 24.4 Å². The van der Waals surface area contributed by atoms with Crippen molar-refractivity contribution in [1.29, 1.82) is 0 Å². The van der Waals surface area contributed by atoms with Crippen LogP contribution in [-0.2, 0) is 10.8 Å². The Morgan fingerprint density at radius 1 is 1.00 bits per heavy atom. The molecule has 1 atom stereocenters. The number of thioether (sulfide) groups is 1. The molecule has 0 aliphatic carbocycles. The summed E-state index contributed by atoms with van der Waals surface area (Å²) >= 11 is 7.66. The molecule has 40 heavy (non-hydrogen) atoms. The van der Waals surface area contributed by atoms with Crippen LogP contribution in [0.25, 0.3) is 0 Å². The number of rotatable bonds is 11. The summed E-state index contributed by atoms with van der Waals surface area (Å²) in [6.45, 7) is 16.7. The molecule has 1 saturated heterocycles. The molecule has 2 aromatic carbocycles. The Hall–Kier alpha value is -2.20. The quantitative estimate of drug-likeness (QED) is 0.314. The second-order valence-corrected chi connectivity index (χ2v) is 14.0. The Morgan fingerprint density at radius 2 is 1.68 bits per heavy atom. The number of fused-ring (bicyclic) bond motifs is 1. The highest BCUT2D eigenvalue weighted by atomic mass is 32.2. The van der Waals surface area contributed by atoms with Crippen LogP contribution in [0.1, 0.15) is 70.0 Å². The summed E-state index contributed by atoms with van der Waals surface area (Å²) in [5.74, 6) is 3.41. The number of hydrogen-bond donors (Lipinski definition) is 2. The first kappa shape index (κ1) is 30.8. The van der Waals surface area contributed by atoms with Crippen LogP contribution in [0.4, 0.5) is 0 Å². The van der Waals surface area contributed by atoms with Gasteiger partial charge in [-0.25, -0.2) is 0 Å². The first-order valence-corrected chi connectivity index (χ1v) is 15.5. The normalized spacial score (nSPS) is 17.2. The second-order valence-electron chi connectivity index (χ2n) is 12.5. The number of aromatic hydroxyl groups is 1. The van der Waals surface area contributed by atoms with Crippen molar-refractivity contribution in [3.63, 3.8) is 0 Å². The lowest BCUT2D eigenvalue weighted by Crippen LogP contribution is -2.35. The van der Waals surface area contributed by atoms with E-state index in [1.165, 1.54) is 5.56 Å². The fourth-order valence-electron chi connectivity index (χ4n) is 5.12. The number of phenolic OH excluding ortho intramolecular Hbond substituents is 1. The summed E-state index contributed by atoms with van der Waals surface area (Å²) in [5, 5.41) is 21.0. The van der Waals surface area contributed by atoms with E-state index in [2.05, 4.69) is 63.5 Å². The minimum atomic E-state index is -0.178. The molecule has 0 amide bonds. The van der Waals surface area contributed by atoms with E-state index in [0.29, 0.717) is 31.2 Å².